The van der Waals surface area contributed by atoms with Gasteiger partial charge in [-0.3, -0.25) is 15.2 Å². The molecule has 7 nitrogen and oxygen atoms in total. The third kappa shape index (κ3) is 1.85. The van der Waals surface area contributed by atoms with E-state index >= 15 is 0 Å². The zero-order valence-electron chi connectivity index (χ0n) is 8.24. The van der Waals surface area contributed by atoms with E-state index in [0.29, 0.717) is 17.1 Å². The first-order valence-electron chi connectivity index (χ1n) is 4.28. The van der Waals surface area contributed by atoms with Gasteiger partial charge in [-0.15, -0.1) is 5.10 Å². The van der Waals surface area contributed by atoms with Gasteiger partial charge < -0.3 is 4.42 Å². The van der Waals surface area contributed by atoms with E-state index in [-0.39, 0.29) is 11.9 Å². The Morgan fingerprint density at radius 3 is 2.80 bits per heavy atom. The number of hydrogen-bond acceptors (Lipinski definition) is 5. The summed E-state index contributed by atoms with van der Waals surface area (Å²) in [5.41, 5.74) is 1.13. The fourth-order valence-electron chi connectivity index (χ4n) is 1.09. The number of anilines is 1. The molecule has 15 heavy (non-hydrogen) atoms. The molecule has 2 aromatic rings. The zero-order valence-corrected chi connectivity index (χ0v) is 8.24. The number of carbonyl (C=O) groups excluding carboxylic acids is 1. The monoisotopic (exact) mass is 207 g/mol. The van der Waals surface area contributed by atoms with Crippen LogP contribution in [0.15, 0.2) is 10.6 Å². The van der Waals surface area contributed by atoms with Crippen LogP contribution in [0.2, 0.25) is 0 Å². The van der Waals surface area contributed by atoms with Gasteiger partial charge in [0.15, 0.2) is 0 Å². The SMILES string of the molecule is Cc1nnc(NC(=O)c2cn[nH]c2C)o1. The van der Waals surface area contributed by atoms with Gasteiger partial charge in [0.25, 0.3) is 5.91 Å². The van der Waals surface area contributed by atoms with Gasteiger partial charge in [-0.25, -0.2) is 0 Å². The molecule has 2 heterocycles. The first kappa shape index (κ1) is 9.38. The normalized spacial score (nSPS) is 10.3. The van der Waals surface area contributed by atoms with Crippen molar-refractivity contribution >= 4 is 11.9 Å². The Bertz CT molecular complexity index is 487. The first-order valence-corrected chi connectivity index (χ1v) is 4.28. The standard InChI is InChI=1S/C8H9N5O2/c1-4-6(3-9-11-4)7(14)10-8-13-12-5(2)15-8/h3H,1-2H3,(H,9,11)(H,10,13,14). The van der Waals surface area contributed by atoms with E-state index in [1.165, 1.54) is 6.20 Å². The summed E-state index contributed by atoms with van der Waals surface area (Å²) in [5.74, 6) is 0.0686. The molecule has 2 N–H and O–H groups in total. The molecular weight excluding hydrogens is 198 g/mol. The lowest BCUT2D eigenvalue weighted by atomic mass is 10.2. The van der Waals surface area contributed by atoms with E-state index in [2.05, 4.69) is 25.7 Å². The molecule has 0 aliphatic rings. The van der Waals surface area contributed by atoms with E-state index in [1.807, 2.05) is 0 Å². The smallest absolute Gasteiger partial charge is 0.322 e. The fraction of sp³-hybridized carbons (Fsp3) is 0.250. The molecular formula is C8H9N5O2. The molecule has 0 saturated heterocycles. The van der Waals surface area contributed by atoms with Crippen molar-refractivity contribution in [3.63, 3.8) is 0 Å². The predicted octanol–water partition coefficient (Wildman–Crippen LogP) is 0.662. The van der Waals surface area contributed by atoms with Gasteiger partial charge in [0.2, 0.25) is 5.89 Å². The van der Waals surface area contributed by atoms with Gasteiger partial charge in [0.05, 0.1) is 11.8 Å². The summed E-state index contributed by atoms with van der Waals surface area (Å²) in [6.07, 6.45) is 1.44. The summed E-state index contributed by atoms with van der Waals surface area (Å²) in [6.45, 7) is 3.40. The van der Waals surface area contributed by atoms with Gasteiger partial charge in [0.1, 0.15) is 0 Å². The van der Waals surface area contributed by atoms with Crippen LogP contribution in [0.1, 0.15) is 21.9 Å². The van der Waals surface area contributed by atoms with Crippen LogP contribution in [-0.2, 0) is 0 Å². The van der Waals surface area contributed by atoms with Crippen LogP contribution in [0.25, 0.3) is 0 Å². The Hall–Kier alpha value is -2.18. The third-order valence-corrected chi connectivity index (χ3v) is 1.82. The van der Waals surface area contributed by atoms with Crippen molar-refractivity contribution in [2.24, 2.45) is 0 Å². The van der Waals surface area contributed by atoms with Crippen LogP contribution in [0, 0.1) is 13.8 Å². The van der Waals surface area contributed by atoms with Crippen LogP contribution in [-0.4, -0.2) is 26.3 Å². The van der Waals surface area contributed by atoms with Crippen molar-refractivity contribution < 1.29 is 9.21 Å². The number of nitrogens with zero attached hydrogens (tertiary/aromatic N) is 3. The highest BCUT2D eigenvalue weighted by Gasteiger charge is 2.13. The minimum Gasteiger partial charge on any atom is -0.408 e. The molecule has 0 radical (unpaired) electrons. The number of hydrogen-bond donors (Lipinski definition) is 2. The lowest BCUT2D eigenvalue weighted by Crippen LogP contribution is -2.12. The second kappa shape index (κ2) is 3.52. The van der Waals surface area contributed by atoms with Crippen LogP contribution in [0.5, 0.6) is 0 Å². The molecule has 0 fully saturated rings. The van der Waals surface area contributed by atoms with E-state index in [1.54, 1.807) is 13.8 Å². The number of carbonyl (C=O) groups is 1. The molecule has 0 saturated carbocycles. The molecule has 0 aliphatic carbocycles. The van der Waals surface area contributed by atoms with Gasteiger partial charge >= 0.3 is 6.01 Å². The number of H-pyrrole nitrogens is 1. The maximum Gasteiger partial charge on any atom is 0.322 e. The molecule has 2 aromatic heterocycles. The highest BCUT2D eigenvalue weighted by atomic mass is 16.4. The second-order valence-corrected chi connectivity index (χ2v) is 2.99. The largest absolute Gasteiger partial charge is 0.408 e. The Kier molecular flexibility index (Phi) is 2.20. The van der Waals surface area contributed by atoms with E-state index in [4.69, 9.17) is 4.42 Å². The molecule has 2 rings (SSSR count). The maximum absolute atomic E-state index is 11.6. The summed E-state index contributed by atoms with van der Waals surface area (Å²) in [7, 11) is 0. The Morgan fingerprint density at radius 2 is 2.27 bits per heavy atom. The molecule has 7 heteroatoms. The molecule has 0 spiro atoms. The Labute approximate surface area is 84.9 Å². The Balaban J connectivity index is 2.14. The zero-order chi connectivity index (χ0) is 10.8. The summed E-state index contributed by atoms with van der Waals surface area (Å²) in [5, 5.41) is 16.1. The lowest BCUT2D eigenvalue weighted by molar-refractivity contribution is 0.102. The quantitative estimate of drug-likeness (QED) is 0.754. The summed E-state index contributed by atoms with van der Waals surface area (Å²) < 4.78 is 5.01. The van der Waals surface area contributed by atoms with E-state index in [0.717, 1.165) is 0 Å². The van der Waals surface area contributed by atoms with Crippen LogP contribution in [0.4, 0.5) is 6.01 Å². The number of amides is 1. The number of aromatic amines is 1. The van der Waals surface area contributed by atoms with Crippen LogP contribution in [0.3, 0.4) is 0 Å². The fourth-order valence-corrected chi connectivity index (χ4v) is 1.09. The second-order valence-electron chi connectivity index (χ2n) is 2.99. The van der Waals surface area contributed by atoms with Crippen molar-refractivity contribution in [1.82, 2.24) is 20.4 Å². The summed E-state index contributed by atoms with van der Waals surface area (Å²) in [4.78, 5) is 11.6. The first-order chi connectivity index (χ1) is 7.16. The van der Waals surface area contributed by atoms with E-state index in [9.17, 15) is 4.79 Å². The maximum atomic E-state index is 11.6. The Morgan fingerprint density at radius 1 is 1.47 bits per heavy atom. The van der Waals surface area contributed by atoms with Gasteiger partial charge in [0, 0.05) is 12.6 Å². The van der Waals surface area contributed by atoms with Gasteiger partial charge in [-0.2, -0.15) is 5.10 Å². The average Bonchev–Trinajstić information content (AvgIpc) is 2.75. The third-order valence-electron chi connectivity index (χ3n) is 1.82. The predicted molar refractivity (Wildman–Crippen MR) is 50.3 cm³/mol. The molecule has 0 aromatic carbocycles. The molecule has 0 unspecified atom stereocenters. The van der Waals surface area contributed by atoms with Gasteiger partial charge in [-0.05, 0) is 6.92 Å². The molecule has 78 valence electrons. The number of rotatable bonds is 2. The average molecular weight is 207 g/mol. The lowest BCUT2D eigenvalue weighted by Gasteiger charge is -1.97. The summed E-state index contributed by atoms with van der Waals surface area (Å²) in [6, 6.07) is 0.0816. The number of nitrogens with one attached hydrogen (secondary N) is 2. The van der Waals surface area contributed by atoms with Crippen molar-refractivity contribution in [3.8, 4) is 0 Å². The number of aryl methyl sites for hydroxylation is 2. The van der Waals surface area contributed by atoms with E-state index < -0.39 is 0 Å². The van der Waals surface area contributed by atoms with Crippen molar-refractivity contribution in [1.29, 1.82) is 0 Å². The molecule has 0 atom stereocenters. The van der Waals surface area contributed by atoms with Crippen molar-refractivity contribution in [3.05, 3.63) is 23.3 Å². The minimum absolute atomic E-state index is 0.0816. The molecule has 1 amide bonds. The highest BCUT2D eigenvalue weighted by molar-refractivity contribution is 6.03. The van der Waals surface area contributed by atoms with Crippen molar-refractivity contribution in [2.45, 2.75) is 13.8 Å². The summed E-state index contributed by atoms with van der Waals surface area (Å²) >= 11 is 0. The van der Waals surface area contributed by atoms with Crippen LogP contribution >= 0.6 is 0 Å². The van der Waals surface area contributed by atoms with Crippen LogP contribution < -0.4 is 5.32 Å². The number of aromatic nitrogens is 4. The van der Waals surface area contributed by atoms with Gasteiger partial charge in [-0.1, -0.05) is 5.10 Å². The minimum atomic E-state index is -0.329. The van der Waals surface area contributed by atoms with Crippen molar-refractivity contribution in [2.75, 3.05) is 5.32 Å². The molecule has 0 bridgehead atoms. The molecule has 0 aliphatic heterocycles. The highest BCUT2D eigenvalue weighted by Crippen LogP contribution is 2.08. The topological polar surface area (TPSA) is 96.7 Å².